The van der Waals surface area contributed by atoms with Crippen molar-refractivity contribution in [2.75, 3.05) is 0 Å². The molecule has 2 heteroatoms. The van der Waals surface area contributed by atoms with Gasteiger partial charge in [0.15, 0.2) is 5.78 Å². The molecule has 0 fully saturated rings. The minimum absolute atomic E-state index is 0.0625. The lowest BCUT2D eigenvalue weighted by Gasteiger charge is -2.22. The molecule has 0 saturated heterocycles. The molecule has 1 N–H and O–H groups in total. The largest absolute Gasteiger partial charge is 0.512 e. The molecule has 0 heterocycles. The van der Waals surface area contributed by atoms with Crippen molar-refractivity contribution in [3.8, 4) is 0 Å². The monoisotopic (exact) mass is 154 g/mol. The van der Waals surface area contributed by atoms with E-state index in [1.807, 2.05) is 0 Å². The lowest BCUT2D eigenvalue weighted by Crippen LogP contribution is -2.18. The first-order valence-corrected chi connectivity index (χ1v) is 4.02. The van der Waals surface area contributed by atoms with Gasteiger partial charge in [-0.05, 0) is 11.8 Å². The summed E-state index contributed by atoms with van der Waals surface area (Å²) in [6.45, 7) is 4.16. The van der Waals surface area contributed by atoms with Gasteiger partial charge in [0.1, 0.15) is 0 Å². The Morgan fingerprint density at radius 1 is 1.55 bits per heavy atom. The second-order valence-corrected chi connectivity index (χ2v) is 3.51. The van der Waals surface area contributed by atoms with E-state index in [9.17, 15) is 4.79 Å². The first kappa shape index (κ1) is 8.31. The van der Waals surface area contributed by atoms with E-state index < -0.39 is 0 Å². The molecular weight excluding hydrogens is 140 g/mol. The van der Waals surface area contributed by atoms with E-state index in [0.717, 1.165) is 0 Å². The van der Waals surface area contributed by atoms with Crippen LogP contribution in [0.3, 0.4) is 0 Å². The Morgan fingerprint density at radius 3 is 2.64 bits per heavy atom. The predicted octanol–water partition coefficient (Wildman–Crippen LogP) is 2.06. The molecule has 2 nitrogen and oxygen atoms in total. The van der Waals surface area contributed by atoms with Crippen LogP contribution in [0.25, 0.3) is 0 Å². The molecule has 0 saturated carbocycles. The number of aliphatic hydroxyl groups excluding tert-OH is 1. The summed E-state index contributed by atoms with van der Waals surface area (Å²) >= 11 is 0. The predicted molar refractivity (Wildman–Crippen MR) is 43.3 cm³/mol. The minimum atomic E-state index is 0.0625. The van der Waals surface area contributed by atoms with Gasteiger partial charge in [-0.2, -0.15) is 0 Å². The molecule has 0 aromatic rings. The van der Waals surface area contributed by atoms with Crippen LogP contribution < -0.4 is 0 Å². The molecule has 0 amide bonds. The van der Waals surface area contributed by atoms with E-state index in [-0.39, 0.29) is 11.5 Å². The third kappa shape index (κ3) is 2.07. The summed E-state index contributed by atoms with van der Waals surface area (Å²) in [7, 11) is 0. The number of allylic oxidation sites excluding steroid dienone is 2. The third-order valence-electron chi connectivity index (χ3n) is 2.21. The lowest BCUT2D eigenvalue weighted by molar-refractivity contribution is -0.116. The minimum Gasteiger partial charge on any atom is -0.512 e. The van der Waals surface area contributed by atoms with Gasteiger partial charge in [0, 0.05) is 18.9 Å². The second-order valence-electron chi connectivity index (χ2n) is 3.51. The molecule has 1 atom stereocenters. The summed E-state index contributed by atoms with van der Waals surface area (Å²) in [6.07, 6.45) is 2.62. The molecule has 1 aliphatic rings. The van der Waals surface area contributed by atoms with Gasteiger partial charge in [-0.3, -0.25) is 4.79 Å². The molecule has 0 radical (unpaired) electrons. The third-order valence-corrected chi connectivity index (χ3v) is 2.21. The van der Waals surface area contributed by atoms with Crippen molar-refractivity contribution in [3.63, 3.8) is 0 Å². The molecule has 0 aliphatic heterocycles. The van der Waals surface area contributed by atoms with Gasteiger partial charge in [-0.1, -0.05) is 13.8 Å². The first-order valence-electron chi connectivity index (χ1n) is 4.02. The molecule has 1 aliphatic carbocycles. The molecule has 62 valence electrons. The standard InChI is InChI=1S/C9H14O2/c1-6(2)7-3-8(10)5-9(11)4-7/h5-7,10H,3-4H2,1-2H3. The van der Waals surface area contributed by atoms with Crippen molar-refractivity contribution in [2.45, 2.75) is 26.7 Å². The number of carbonyl (C=O) groups excluding carboxylic acids is 1. The average Bonchev–Trinajstić information content (AvgIpc) is 1.85. The highest BCUT2D eigenvalue weighted by Crippen LogP contribution is 2.26. The Labute approximate surface area is 66.9 Å². The van der Waals surface area contributed by atoms with Crippen molar-refractivity contribution < 1.29 is 9.90 Å². The Morgan fingerprint density at radius 2 is 2.18 bits per heavy atom. The van der Waals surface area contributed by atoms with Crippen LogP contribution in [0, 0.1) is 11.8 Å². The maximum Gasteiger partial charge on any atom is 0.159 e. The SMILES string of the molecule is CC(C)C1CC(=O)C=C(O)C1. The van der Waals surface area contributed by atoms with Crippen molar-refractivity contribution in [3.05, 3.63) is 11.8 Å². The Kier molecular flexibility index (Phi) is 2.32. The van der Waals surface area contributed by atoms with E-state index in [1.165, 1.54) is 6.08 Å². The highest BCUT2D eigenvalue weighted by Gasteiger charge is 2.22. The quantitative estimate of drug-likeness (QED) is 0.627. The molecule has 1 rings (SSSR count). The molecule has 0 aromatic heterocycles. The molecule has 11 heavy (non-hydrogen) atoms. The van der Waals surface area contributed by atoms with E-state index in [4.69, 9.17) is 5.11 Å². The number of carbonyl (C=O) groups is 1. The van der Waals surface area contributed by atoms with Crippen LogP contribution in [0.4, 0.5) is 0 Å². The van der Waals surface area contributed by atoms with Gasteiger partial charge in [-0.25, -0.2) is 0 Å². The smallest absolute Gasteiger partial charge is 0.159 e. The Bertz CT molecular complexity index is 192. The van der Waals surface area contributed by atoms with Gasteiger partial charge in [0.2, 0.25) is 0 Å². The highest BCUT2D eigenvalue weighted by atomic mass is 16.3. The number of ketones is 1. The van der Waals surface area contributed by atoms with Crippen LogP contribution >= 0.6 is 0 Å². The number of rotatable bonds is 1. The van der Waals surface area contributed by atoms with Crippen LogP contribution in [0.15, 0.2) is 11.8 Å². The first-order chi connectivity index (χ1) is 5.09. The fraction of sp³-hybridized carbons (Fsp3) is 0.667. The highest BCUT2D eigenvalue weighted by molar-refractivity contribution is 5.91. The van der Waals surface area contributed by atoms with Crippen LogP contribution in [-0.2, 0) is 4.79 Å². The summed E-state index contributed by atoms with van der Waals surface area (Å²) in [4.78, 5) is 11.0. The maximum atomic E-state index is 11.0. The zero-order chi connectivity index (χ0) is 8.43. The summed E-state index contributed by atoms with van der Waals surface area (Å²) in [6, 6.07) is 0. The van der Waals surface area contributed by atoms with Gasteiger partial charge < -0.3 is 5.11 Å². The van der Waals surface area contributed by atoms with E-state index in [0.29, 0.717) is 24.7 Å². The van der Waals surface area contributed by atoms with Crippen LogP contribution in [0.5, 0.6) is 0 Å². The number of hydrogen-bond acceptors (Lipinski definition) is 2. The van der Waals surface area contributed by atoms with Crippen molar-refractivity contribution in [2.24, 2.45) is 11.8 Å². The van der Waals surface area contributed by atoms with Gasteiger partial charge in [-0.15, -0.1) is 0 Å². The summed E-state index contributed by atoms with van der Waals surface area (Å²) in [5, 5.41) is 9.14. The summed E-state index contributed by atoms with van der Waals surface area (Å²) in [5.74, 6) is 1.13. The van der Waals surface area contributed by atoms with Crippen molar-refractivity contribution in [1.82, 2.24) is 0 Å². The normalized spacial score (nSPS) is 25.5. The molecule has 1 unspecified atom stereocenters. The second kappa shape index (κ2) is 3.07. The van der Waals surface area contributed by atoms with E-state index in [2.05, 4.69) is 13.8 Å². The number of aliphatic hydroxyl groups is 1. The van der Waals surface area contributed by atoms with E-state index >= 15 is 0 Å². The molecular formula is C9H14O2. The van der Waals surface area contributed by atoms with Gasteiger partial charge >= 0.3 is 0 Å². The lowest BCUT2D eigenvalue weighted by atomic mass is 9.84. The molecule has 0 spiro atoms. The van der Waals surface area contributed by atoms with Gasteiger partial charge in [0.05, 0.1) is 5.76 Å². The summed E-state index contributed by atoms with van der Waals surface area (Å²) < 4.78 is 0. The topological polar surface area (TPSA) is 37.3 Å². The molecule has 0 aromatic carbocycles. The summed E-state index contributed by atoms with van der Waals surface area (Å²) in [5.41, 5.74) is 0. The van der Waals surface area contributed by atoms with Crippen LogP contribution in [0.1, 0.15) is 26.7 Å². The van der Waals surface area contributed by atoms with Gasteiger partial charge in [0.25, 0.3) is 0 Å². The maximum absolute atomic E-state index is 11.0. The van der Waals surface area contributed by atoms with Crippen molar-refractivity contribution >= 4 is 5.78 Å². The molecule has 0 bridgehead atoms. The fourth-order valence-electron chi connectivity index (χ4n) is 1.37. The zero-order valence-electron chi connectivity index (χ0n) is 7.00. The van der Waals surface area contributed by atoms with Crippen LogP contribution in [0.2, 0.25) is 0 Å². The zero-order valence-corrected chi connectivity index (χ0v) is 7.00. The Hall–Kier alpha value is -0.790. The average molecular weight is 154 g/mol. The van der Waals surface area contributed by atoms with E-state index in [1.54, 1.807) is 0 Å². The number of hydrogen-bond donors (Lipinski definition) is 1. The van der Waals surface area contributed by atoms with Crippen molar-refractivity contribution in [1.29, 1.82) is 0 Å². The fourth-order valence-corrected chi connectivity index (χ4v) is 1.37. The van der Waals surface area contributed by atoms with Crippen LogP contribution in [-0.4, -0.2) is 10.9 Å². The Balaban J connectivity index is 2.64.